The Hall–Kier alpha value is -1.29. The molecule has 1 aliphatic heterocycles. The number of aliphatic hydroxyl groups is 1. The molecule has 0 aromatic heterocycles. The molecule has 0 aliphatic carbocycles. The molecule has 3 rings (SSSR count). The van der Waals surface area contributed by atoms with Crippen LogP contribution < -0.4 is 0 Å². The standard InChI is InChI=1S/C18H18Cl2O3/c1-10-6-17(20)15(16-7-11(19)2-4-14(10)16)5-3-13-8-12(21)9-18(22)23-13/h2,4,6-7,12-13,21H,3,5,8-9H2,1H3/t12-,13?/m1/s1. The Kier molecular flexibility index (Phi) is 4.81. The van der Waals surface area contributed by atoms with Crippen LogP contribution in [0.15, 0.2) is 24.3 Å². The second-order valence-corrected chi connectivity index (χ2v) is 6.93. The summed E-state index contributed by atoms with van der Waals surface area (Å²) >= 11 is 12.6. The second kappa shape index (κ2) is 6.68. The minimum absolute atomic E-state index is 0.0837. The van der Waals surface area contributed by atoms with E-state index in [1.165, 1.54) is 0 Å². The normalized spacial score (nSPS) is 21.5. The number of cyclic esters (lactones) is 1. The first-order valence-corrected chi connectivity index (χ1v) is 8.44. The molecule has 2 aromatic rings. The summed E-state index contributed by atoms with van der Waals surface area (Å²) in [5, 5.41) is 13.2. The Morgan fingerprint density at radius 2 is 2.04 bits per heavy atom. The van der Waals surface area contributed by atoms with E-state index in [1.807, 2.05) is 31.2 Å². The highest BCUT2D eigenvalue weighted by Gasteiger charge is 2.27. The van der Waals surface area contributed by atoms with Crippen molar-refractivity contribution in [1.29, 1.82) is 0 Å². The molecule has 1 unspecified atom stereocenters. The van der Waals surface area contributed by atoms with Crippen molar-refractivity contribution in [2.24, 2.45) is 0 Å². The molecule has 1 heterocycles. The number of hydrogen-bond acceptors (Lipinski definition) is 3. The molecular weight excluding hydrogens is 335 g/mol. The van der Waals surface area contributed by atoms with Gasteiger partial charge in [-0.2, -0.15) is 0 Å². The van der Waals surface area contributed by atoms with Gasteiger partial charge >= 0.3 is 5.97 Å². The first kappa shape index (κ1) is 16.6. The summed E-state index contributed by atoms with van der Waals surface area (Å²) in [6.45, 7) is 2.02. The number of ether oxygens (including phenoxy) is 1. The van der Waals surface area contributed by atoms with Crippen molar-refractivity contribution in [2.45, 2.75) is 44.8 Å². The molecule has 3 nitrogen and oxygen atoms in total. The number of aliphatic hydroxyl groups excluding tert-OH is 1. The van der Waals surface area contributed by atoms with Crippen LogP contribution in [0, 0.1) is 6.92 Å². The van der Waals surface area contributed by atoms with Crippen LogP contribution in [0.1, 0.15) is 30.4 Å². The molecule has 5 heteroatoms. The quantitative estimate of drug-likeness (QED) is 0.829. The van der Waals surface area contributed by atoms with Crippen LogP contribution in [-0.4, -0.2) is 23.3 Å². The Labute approximate surface area is 145 Å². The average Bonchev–Trinajstić information content (AvgIpc) is 2.45. The number of carbonyl (C=O) groups excluding carboxylic acids is 1. The van der Waals surface area contributed by atoms with Gasteiger partial charge in [-0.1, -0.05) is 29.3 Å². The molecule has 122 valence electrons. The number of aryl methyl sites for hydroxylation is 2. The maximum Gasteiger partial charge on any atom is 0.308 e. The van der Waals surface area contributed by atoms with Crippen molar-refractivity contribution in [3.8, 4) is 0 Å². The van der Waals surface area contributed by atoms with Gasteiger partial charge in [0.25, 0.3) is 0 Å². The number of hydrogen-bond donors (Lipinski definition) is 1. The fourth-order valence-electron chi connectivity index (χ4n) is 3.19. The van der Waals surface area contributed by atoms with Gasteiger partial charge in [-0.25, -0.2) is 0 Å². The molecule has 2 atom stereocenters. The van der Waals surface area contributed by atoms with E-state index in [0.717, 1.165) is 21.9 Å². The van der Waals surface area contributed by atoms with Gasteiger partial charge in [0.2, 0.25) is 0 Å². The van der Waals surface area contributed by atoms with Crippen molar-refractivity contribution in [1.82, 2.24) is 0 Å². The van der Waals surface area contributed by atoms with Gasteiger partial charge in [-0.05, 0) is 59.9 Å². The summed E-state index contributed by atoms with van der Waals surface area (Å²) in [5.41, 5.74) is 2.11. The third-order valence-corrected chi connectivity index (χ3v) is 4.89. The summed E-state index contributed by atoms with van der Waals surface area (Å²) in [6, 6.07) is 7.74. The van der Waals surface area contributed by atoms with Crippen LogP contribution in [-0.2, 0) is 16.0 Å². The van der Waals surface area contributed by atoms with Crippen molar-refractivity contribution in [3.63, 3.8) is 0 Å². The first-order valence-electron chi connectivity index (χ1n) is 7.69. The topological polar surface area (TPSA) is 46.5 Å². The van der Waals surface area contributed by atoms with E-state index in [2.05, 4.69) is 0 Å². The lowest BCUT2D eigenvalue weighted by molar-refractivity contribution is -0.160. The third kappa shape index (κ3) is 3.63. The number of esters is 1. The van der Waals surface area contributed by atoms with Gasteiger partial charge in [0.05, 0.1) is 12.5 Å². The SMILES string of the molecule is Cc1cc(Cl)c(CCC2C[C@@H](O)CC(=O)O2)c2cc(Cl)ccc12. The zero-order valence-electron chi connectivity index (χ0n) is 12.8. The molecule has 1 N–H and O–H groups in total. The monoisotopic (exact) mass is 352 g/mol. The highest BCUT2D eigenvalue weighted by molar-refractivity contribution is 6.33. The predicted octanol–water partition coefficient (Wildman–Crippen LogP) is 4.45. The molecule has 1 fully saturated rings. The van der Waals surface area contributed by atoms with Crippen LogP contribution in [0.2, 0.25) is 10.0 Å². The summed E-state index contributed by atoms with van der Waals surface area (Å²) in [7, 11) is 0. The molecule has 0 spiro atoms. The van der Waals surface area contributed by atoms with Crippen LogP contribution >= 0.6 is 23.2 Å². The van der Waals surface area contributed by atoms with Crippen molar-refractivity contribution < 1.29 is 14.6 Å². The van der Waals surface area contributed by atoms with E-state index < -0.39 is 6.10 Å². The average molecular weight is 353 g/mol. The van der Waals surface area contributed by atoms with E-state index in [4.69, 9.17) is 27.9 Å². The highest BCUT2D eigenvalue weighted by atomic mass is 35.5. The number of fused-ring (bicyclic) bond motifs is 1. The van der Waals surface area contributed by atoms with Gasteiger partial charge in [0.1, 0.15) is 6.10 Å². The van der Waals surface area contributed by atoms with E-state index in [9.17, 15) is 9.90 Å². The third-order valence-electron chi connectivity index (χ3n) is 4.31. The van der Waals surface area contributed by atoms with Gasteiger partial charge in [0, 0.05) is 16.5 Å². The lowest BCUT2D eigenvalue weighted by atomic mass is 9.94. The van der Waals surface area contributed by atoms with Gasteiger partial charge < -0.3 is 9.84 Å². The summed E-state index contributed by atoms with van der Waals surface area (Å²) in [5.74, 6) is -0.336. The molecule has 2 aromatic carbocycles. The fourth-order valence-corrected chi connectivity index (χ4v) is 3.72. The molecular formula is C18H18Cl2O3. The molecule has 1 aliphatic rings. The number of benzene rings is 2. The van der Waals surface area contributed by atoms with Gasteiger partial charge in [0.15, 0.2) is 0 Å². The molecule has 0 saturated carbocycles. The predicted molar refractivity (Wildman–Crippen MR) is 92.1 cm³/mol. The highest BCUT2D eigenvalue weighted by Crippen LogP contribution is 2.33. The van der Waals surface area contributed by atoms with Crippen LogP contribution in [0.4, 0.5) is 0 Å². The maximum absolute atomic E-state index is 11.4. The zero-order valence-corrected chi connectivity index (χ0v) is 14.3. The molecule has 23 heavy (non-hydrogen) atoms. The summed E-state index contributed by atoms with van der Waals surface area (Å²) in [4.78, 5) is 11.4. The number of rotatable bonds is 3. The van der Waals surface area contributed by atoms with Crippen LogP contribution in [0.25, 0.3) is 10.8 Å². The first-order chi connectivity index (χ1) is 10.9. The van der Waals surface area contributed by atoms with Crippen molar-refractivity contribution >= 4 is 39.9 Å². The molecule has 1 saturated heterocycles. The van der Waals surface area contributed by atoms with E-state index >= 15 is 0 Å². The largest absolute Gasteiger partial charge is 0.462 e. The molecule has 0 bridgehead atoms. The fraction of sp³-hybridized carbons (Fsp3) is 0.389. The van der Waals surface area contributed by atoms with Crippen molar-refractivity contribution in [2.75, 3.05) is 0 Å². The summed E-state index contributed by atoms with van der Waals surface area (Å²) in [6.07, 6.45) is 0.987. The minimum atomic E-state index is -0.610. The number of carbonyl (C=O) groups is 1. The Morgan fingerprint density at radius 1 is 1.26 bits per heavy atom. The number of halogens is 2. The minimum Gasteiger partial charge on any atom is -0.462 e. The lowest BCUT2D eigenvalue weighted by Crippen LogP contribution is -2.32. The van der Waals surface area contributed by atoms with E-state index in [1.54, 1.807) is 0 Å². The molecule has 0 amide bonds. The maximum atomic E-state index is 11.4. The Bertz CT molecular complexity index is 758. The zero-order chi connectivity index (χ0) is 16.6. The second-order valence-electron chi connectivity index (χ2n) is 6.09. The molecule has 0 radical (unpaired) electrons. The van der Waals surface area contributed by atoms with E-state index in [0.29, 0.717) is 29.3 Å². The lowest BCUT2D eigenvalue weighted by Gasteiger charge is -2.26. The van der Waals surface area contributed by atoms with Gasteiger partial charge in [-0.15, -0.1) is 0 Å². The summed E-state index contributed by atoms with van der Waals surface area (Å²) < 4.78 is 5.31. The van der Waals surface area contributed by atoms with Gasteiger partial charge in [-0.3, -0.25) is 4.79 Å². The van der Waals surface area contributed by atoms with E-state index in [-0.39, 0.29) is 18.5 Å². The van der Waals surface area contributed by atoms with Crippen molar-refractivity contribution in [3.05, 3.63) is 45.4 Å². The van der Waals surface area contributed by atoms with Crippen LogP contribution in [0.3, 0.4) is 0 Å². The Morgan fingerprint density at radius 3 is 2.78 bits per heavy atom. The smallest absolute Gasteiger partial charge is 0.308 e. The van der Waals surface area contributed by atoms with Crippen LogP contribution in [0.5, 0.6) is 0 Å². The Balaban J connectivity index is 1.88.